The predicted molar refractivity (Wildman–Crippen MR) is 184 cm³/mol. The van der Waals surface area contributed by atoms with E-state index in [2.05, 4.69) is 16.0 Å². The number of Topliss-reactive ketones (excluding diaryl/α,β-unsaturated/α-hetero) is 1. The van der Waals surface area contributed by atoms with Gasteiger partial charge < -0.3 is 21.1 Å². The molecule has 0 aromatic heterocycles. The van der Waals surface area contributed by atoms with Gasteiger partial charge in [0.15, 0.2) is 15.6 Å². The molecule has 9 nitrogen and oxygen atoms in total. The molecule has 2 amide bonds. The Labute approximate surface area is 288 Å². The third kappa shape index (κ3) is 9.32. The lowest BCUT2D eigenvalue weighted by Crippen LogP contribution is -2.58. The lowest BCUT2D eigenvalue weighted by Gasteiger charge is -2.35. The summed E-state index contributed by atoms with van der Waals surface area (Å²) in [5.74, 6) is -4.35. The van der Waals surface area contributed by atoms with Gasteiger partial charge in [0.1, 0.15) is 17.2 Å². The first-order valence-corrected chi connectivity index (χ1v) is 19.2. The number of halogens is 2. The maximum absolute atomic E-state index is 14.4. The van der Waals surface area contributed by atoms with Crippen molar-refractivity contribution in [3.8, 4) is 0 Å². The summed E-state index contributed by atoms with van der Waals surface area (Å²) in [5, 5.41) is 19.9. The minimum absolute atomic E-state index is 0.0139. The molecular formula is C37H51F2N3O6S. The largest absolute Gasteiger partial charge is 0.389 e. The van der Waals surface area contributed by atoms with Gasteiger partial charge in [-0.05, 0) is 74.1 Å². The second-order valence-corrected chi connectivity index (χ2v) is 16.3. The number of aryl methyl sites for hydroxylation is 1. The lowest BCUT2D eigenvalue weighted by atomic mass is 9.77. The zero-order valence-corrected chi connectivity index (χ0v) is 29.7. The van der Waals surface area contributed by atoms with E-state index in [4.69, 9.17) is 0 Å². The molecule has 2 aromatic rings. The van der Waals surface area contributed by atoms with Crippen molar-refractivity contribution in [2.75, 3.05) is 12.3 Å². The molecule has 0 radical (unpaired) electrons. The van der Waals surface area contributed by atoms with Crippen molar-refractivity contribution in [1.29, 1.82) is 0 Å². The van der Waals surface area contributed by atoms with Crippen LogP contribution >= 0.6 is 0 Å². The molecule has 49 heavy (non-hydrogen) atoms. The summed E-state index contributed by atoms with van der Waals surface area (Å²) >= 11 is 0. The Kier molecular flexibility index (Phi) is 13.1. The first-order valence-electron chi connectivity index (χ1n) is 17.5. The minimum Gasteiger partial charge on any atom is -0.389 e. The molecule has 0 spiro atoms. The highest BCUT2D eigenvalue weighted by Crippen LogP contribution is 2.42. The first kappa shape index (κ1) is 38.6. The predicted octanol–water partition coefficient (Wildman–Crippen LogP) is 4.06. The van der Waals surface area contributed by atoms with Gasteiger partial charge in [-0.25, -0.2) is 17.2 Å². The van der Waals surface area contributed by atoms with Crippen LogP contribution in [0, 0.1) is 29.4 Å². The van der Waals surface area contributed by atoms with E-state index in [9.17, 15) is 36.7 Å². The van der Waals surface area contributed by atoms with E-state index in [0.29, 0.717) is 38.5 Å². The van der Waals surface area contributed by atoms with E-state index in [-0.39, 0.29) is 48.3 Å². The van der Waals surface area contributed by atoms with Gasteiger partial charge in [0.05, 0.1) is 23.1 Å². The molecule has 2 aliphatic rings. The highest BCUT2D eigenvalue weighted by atomic mass is 32.2. The minimum atomic E-state index is -3.42. The molecule has 2 fully saturated rings. The van der Waals surface area contributed by atoms with Gasteiger partial charge in [0, 0.05) is 37.4 Å². The van der Waals surface area contributed by atoms with Crippen LogP contribution in [0.4, 0.5) is 8.78 Å². The van der Waals surface area contributed by atoms with Crippen LogP contribution in [0.2, 0.25) is 0 Å². The molecule has 1 saturated heterocycles. The Morgan fingerprint density at radius 1 is 1.08 bits per heavy atom. The molecule has 1 aliphatic carbocycles. The summed E-state index contributed by atoms with van der Waals surface area (Å²) in [4.78, 5) is 41.0. The molecule has 4 N–H and O–H groups in total. The zero-order chi connectivity index (χ0) is 35.9. The summed E-state index contributed by atoms with van der Waals surface area (Å²) in [6.07, 6.45) is 1.31. The Balaban J connectivity index is 1.66. The molecule has 270 valence electrons. The van der Waals surface area contributed by atoms with Crippen LogP contribution in [0.5, 0.6) is 0 Å². The van der Waals surface area contributed by atoms with E-state index in [1.165, 1.54) is 6.92 Å². The van der Waals surface area contributed by atoms with Gasteiger partial charge in [-0.3, -0.25) is 14.4 Å². The van der Waals surface area contributed by atoms with Crippen molar-refractivity contribution in [2.24, 2.45) is 17.8 Å². The third-order valence-corrected chi connectivity index (χ3v) is 12.9. The molecule has 1 aliphatic heterocycles. The topological polar surface area (TPSA) is 142 Å². The fourth-order valence-corrected chi connectivity index (χ4v) is 9.51. The number of aliphatic hydroxyl groups excluding tert-OH is 1. The maximum atomic E-state index is 14.4. The Bertz CT molecular complexity index is 1550. The number of hydrogen-bond donors (Lipinski definition) is 4. The molecule has 12 heteroatoms. The molecular weight excluding hydrogens is 652 g/mol. The first-order chi connectivity index (χ1) is 23.2. The molecule has 2 unspecified atom stereocenters. The van der Waals surface area contributed by atoms with Gasteiger partial charge in [0.2, 0.25) is 11.8 Å². The van der Waals surface area contributed by atoms with Gasteiger partial charge >= 0.3 is 0 Å². The fourth-order valence-electron chi connectivity index (χ4n) is 7.76. The lowest BCUT2D eigenvalue weighted by molar-refractivity contribution is -0.138. The zero-order valence-electron chi connectivity index (χ0n) is 28.9. The van der Waals surface area contributed by atoms with E-state index in [1.807, 2.05) is 44.2 Å². The average Bonchev–Trinajstić information content (AvgIpc) is 3.67. The monoisotopic (exact) mass is 703 g/mol. The Morgan fingerprint density at radius 2 is 1.76 bits per heavy atom. The molecule has 4 rings (SSSR count). The number of carbonyl (C=O) groups is 3. The molecule has 1 saturated carbocycles. The van der Waals surface area contributed by atoms with E-state index < -0.39 is 68.2 Å². The number of carbonyl (C=O) groups excluding carboxylic acids is 3. The number of nitrogens with one attached hydrogen (secondary N) is 3. The van der Waals surface area contributed by atoms with E-state index in [0.717, 1.165) is 23.8 Å². The van der Waals surface area contributed by atoms with Gasteiger partial charge in [-0.2, -0.15) is 0 Å². The highest BCUT2D eigenvalue weighted by molar-refractivity contribution is 7.92. The molecule has 2 aromatic carbocycles. The van der Waals surface area contributed by atoms with Crippen LogP contribution < -0.4 is 16.0 Å². The average molecular weight is 704 g/mol. The summed E-state index contributed by atoms with van der Waals surface area (Å²) in [5.41, 5.74) is 0.0673. The van der Waals surface area contributed by atoms with Gasteiger partial charge in [-0.15, -0.1) is 0 Å². The number of benzene rings is 2. The maximum Gasteiger partial charge on any atom is 0.224 e. The van der Waals surface area contributed by atoms with Crippen molar-refractivity contribution >= 4 is 27.4 Å². The number of ketones is 1. The van der Waals surface area contributed by atoms with E-state index in [1.54, 1.807) is 6.92 Å². The van der Waals surface area contributed by atoms with Crippen molar-refractivity contribution in [3.63, 3.8) is 0 Å². The van der Waals surface area contributed by atoms with E-state index >= 15 is 0 Å². The Hall–Kier alpha value is -3.22. The van der Waals surface area contributed by atoms with Crippen LogP contribution in [0.1, 0.15) is 77.3 Å². The highest BCUT2D eigenvalue weighted by Gasteiger charge is 2.54. The number of amides is 2. The Morgan fingerprint density at radius 3 is 2.37 bits per heavy atom. The van der Waals surface area contributed by atoms with Crippen LogP contribution in [-0.2, 0) is 37.1 Å². The normalized spacial score (nSPS) is 25.0. The SMILES string of the molecule is CCCS(=O)(=O)[C@H]1CN[C@@H]([C@@H](O)[C@H](Cc2cc(F)cc(F)c2)NC(=O)[C@H](CCc2ccccc2)C2CC[C@](NC(C)=O)(C(C)CC)C2=O)C1. The van der Waals surface area contributed by atoms with Crippen molar-refractivity contribution in [2.45, 2.75) is 108 Å². The van der Waals surface area contributed by atoms with Crippen LogP contribution in [-0.4, -0.2) is 72.4 Å². The number of rotatable bonds is 16. The van der Waals surface area contributed by atoms with Crippen molar-refractivity contribution < 1.29 is 36.7 Å². The van der Waals surface area contributed by atoms with Gasteiger partial charge in [0.25, 0.3) is 0 Å². The summed E-state index contributed by atoms with van der Waals surface area (Å²) < 4.78 is 54.2. The standard InChI is InChI=1S/C37H51F2N3O6S/c1-5-16-49(47,48)29-21-32(40-22-29)34(44)33(19-26-17-27(38)20-28(39)18-26)41-36(46)31(13-12-25-10-8-7-9-11-25)30-14-15-37(35(30)45,23(3)6-2)42-24(4)43/h7-11,17-18,20,23,29-34,40,44H,5-6,12-16,19,21-22H2,1-4H3,(H,41,46)(H,42,43)/t23?,29-,30?,31-,32-,33+,34-,37+/m1/s1. The molecule has 0 bridgehead atoms. The number of sulfone groups is 1. The second kappa shape index (κ2) is 16.7. The number of aliphatic hydroxyl groups is 1. The second-order valence-electron chi connectivity index (χ2n) is 13.9. The quantitative estimate of drug-likeness (QED) is 0.207. The van der Waals surface area contributed by atoms with Crippen LogP contribution in [0.25, 0.3) is 0 Å². The van der Waals surface area contributed by atoms with Crippen LogP contribution in [0.3, 0.4) is 0 Å². The molecule has 8 atom stereocenters. The summed E-state index contributed by atoms with van der Waals surface area (Å²) in [7, 11) is -3.42. The number of hydrogen-bond acceptors (Lipinski definition) is 7. The summed E-state index contributed by atoms with van der Waals surface area (Å²) in [6, 6.07) is 10.8. The van der Waals surface area contributed by atoms with Gasteiger partial charge in [-0.1, -0.05) is 57.5 Å². The van der Waals surface area contributed by atoms with Crippen molar-refractivity contribution in [3.05, 3.63) is 71.3 Å². The third-order valence-electron chi connectivity index (χ3n) is 10.5. The van der Waals surface area contributed by atoms with Crippen LogP contribution in [0.15, 0.2) is 48.5 Å². The molecule has 1 heterocycles. The fraction of sp³-hybridized carbons (Fsp3) is 0.595. The van der Waals surface area contributed by atoms with Crippen molar-refractivity contribution in [1.82, 2.24) is 16.0 Å². The smallest absolute Gasteiger partial charge is 0.224 e. The summed E-state index contributed by atoms with van der Waals surface area (Å²) in [6.45, 7) is 7.16.